The molecule has 0 saturated heterocycles. The monoisotopic (exact) mass is 485 g/mol. The van der Waals surface area contributed by atoms with Crippen molar-refractivity contribution in [3.05, 3.63) is 114 Å². The summed E-state index contributed by atoms with van der Waals surface area (Å²) in [6.45, 7) is 7.50. The fourth-order valence-electron chi connectivity index (χ4n) is 2.77. The van der Waals surface area contributed by atoms with E-state index in [0.717, 1.165) is 51.5 Å². The molecule has 0 radical (unpaired) electrons. The number of hydrogen-bond acceptors (Lipinski definition) is 7. The van der Waals surface area contributed by atoms with E-state index < -0.39 is 0 Å². The minimum atomic E-state index is 0.713. The van der Waals surface area contributed by atoms with Gasteiger partial charge in [-0.05, 0) is 85.5 Å². The highest BCUT2D eigenvalue weighted by Gasteiger charge is 1.94. The van der Waals surface area contributed by atoms with Crippen LogP contribution in [0.2, 0.25) is 0 Å². The first-order valence-corrected chi connectivity index (χ1v) is 11.3. The average Bonchev–Trinajstić information content (AvgIpc) is 2.83. The first kappa shape index (κ1) is 29.3. The maximum atomic E-state index is 5.66. The van der Waals surface area contributed by atoms with Crippen LogP contribution in [0.4, 0.5) is 39.8 Å². The maximum Gasteiger partial charge on any atom is 0.0364 e. The van der Waals surface area contributed by atoms with Crippen LogP contribution in [-0.4, -0.2) is 0 Å². The second-order valence-electron chi connectivity index (χ2n) is 8.04. The summed E-state index contributed by atoms with van der Waals surface area (Å²) in [4.78, 5) is 0. The van der Waals surface area contributed by atoms with Gasteiger partial charge in [0.2, 0.25) is 0 Å². The first-order valence-electron chi connectivity index (χ1n) is 11.3. The highest BCUT2D eigenvalue weighted by atomic mass is 14.6. The lowest BCUT2D eigenvalue weighted by Crippen LogP contribution is -1.94. The molecule has 0 saturated carbocycles. The molecule has 4 aromatic rings. The molecule has 7 heteroatoms. The molecule has 0 atom stereocenters. The first-order chi connectivity index (χ1) is 17.0. The minimum Gasteiger partial charge on any atom is -0.399 e. The zero-order chi connectivity index (χ0) is 27.1. The molecule has 0 amide bonds. The molecule has 14 N–H and O–H groups in total. The van der Waals surface area contributed by atoms with Crippen LogP contribution in [0.1, 0.15) is 16.7 Å². The van der Waals surface area contributed by atoms with Crippen molar-refractivity contribution in [2.75, 3.05) is 40.1 Å². The Morgan fingerprint density at radius 1 is 0.556 bits per heavy atom. The molecule has 0 fully saturated rings. The summed E-state index contributed by atoms with van der Waals surface area (Å²) >= 11 is 0. The van der Waals surface area contributed by atoms with E-state index in [1.807, 2.05) is 80.6 Å². The fraction of sp³-hybridized carbons (Fsp3) is 0.103. The van der Waals surface area contributed by atoms with E-state index in [1.54, 1.807) is 24.3 Å². The van der Waals surface area contributed by atoms with Crippen LogP contribution in [0.3, 0.4) is 0 Å². The van der Waals surface area contributed by atoms with E-state index in [-0.39, 0.29) is 0 Å². The molecule has 36 heavy (non-hydrogen) atoms. The SMILES string of the molecule is C=CCc1ccccc1N.Cc1c(N)cccc1N.Cc1ccc(N)cc1N.Nc1cccc(N)c1. The lowest BCUT2D eigenvalue weighted by molar-refractivity contribution is 1.28. The van der Waals surface area contributed by atoms with Crippen LogP contribution >= 0.6 is 0 Å². The average molecular weight is 486 g/mol. The van der Waals surface area contributed by atoms with Gasteiger partial charge in [-0.1, -0.05) is 42.5 Å². The van der Waals surface area contributed by atoms with E-state index in [4.69, 9.17) is 40.1 Å². The third kappa shape index (κ3) is 10.9. The maximum absolute atomic E-state index is 5.66. The van der Waals surface area contributed by atoms with Crippen molar-refractivity contribution in [1.29, 1.82) is 0 Å². The van der Waals surface area contributed by atoms with Gasteiger partial charge in [0.25, 0.3) is 0 Å². The molecule has 4 aromatic carbocycles. The molecule has 0 aliphatic rings. The van der Waals surface area contributed by atoms with Gasteiger partial charge in [-0.3, -0.25) is 0 Å². The summed E-state index contributed by atoms with van der Waals surface area (Å²) in [5.41, 5.74) is 47.0. The molecule has 190 valence electrons. The van der Waals surface area contributed by atoms with Crippen LogP contribution in [0.15, 0.2) is 97.6 Å². The van der Waals surface area contributed by atoms with Crippen LogP contribution in [0.5, 0.6) is 0 Å². The van der Waals surface area contributed by atoms with Crippen molar-refractivity contribution in [3.63, 3.8) is 0 Å². The summed E-state index contributed by atoms with van der Waals surface area (Å²) in [6.07, 6.45) is 2.71. The van der Waals surface area contributed by atoms with Gasteiger partial charge >= 0.3 is 0 Å². The molecule has 0 bridgehead atoms. The normalized spacial score (nSPS) is 9.28. The van der Waals surface area contributed by atoms with E-state index >= 15 is 0 Å². The van der Waals surface area contributed by atoms with Gasteiger partial charge in [0.15, 0.2) is 0 Å². The number of nitrogens with two attached hydrogens (primary N) is 7. The van der Waals surface area contributed by atoms with E-state index in [1.165, 1.54) is 0 Å². The van der Waals surface area contributed by atoms with Crippen molar-refractivity contribution in [3.8, 4) is 0 Å². The Bertz CT molecular complexity index is 1200. The Hall–Kier alpha value is -4.78. The topological polar surface area (TPSA) is 182 Å². The van der Waals surface area contributed by atoms with Gasteiger partial charge in [-0.15, -0.1) is 6.58 Å². The third-order valence-corrected chi connectivity index (χ3v) is 5.05. The Morgan fingerprint density at radius 2 is 1.06 bits per heavy atom. The molecular formula is C29H39N7. The number of benzene rings is 4. The molecule has 4 rings (SSSR count). The number of anilines is 7. The quantitative estimate of drug-likeness (QED) is 0.151. The van der Waals surface area contributed by atoms with Crippen LogP contribution in [0, 0.1) is 13.8 Å². The molecule has 0 aromatic heterocycles. The number of aryl methyl sites for hydroxylation is 1. The zero-order valence-electron chi connectivity index (χ0n) is 21.1. The highest BCUT2D eigenvalue weighted by Crippen LogP contribution is 2.16. The third-order valence-electron chi connectivity index (χ3n) is 5.05. The number of hydrogen-bond donors (Lipinski definition) is 7. The van der Waals surface area contributed by atoms with E-state index in [2.05, 4.69) is 6.58 Å². The minimum absolute atomic E-state index is 0.713. The van der Waals surface area contributed by atoms with E-state index in [9.17, 15) is 0 Å². The van der Waals surface area contributed by atoms with Crippen molar-refractivity contribution in [1.82, 2.24) is 0 Å². The van der Waals surface area contributed by atoms with Crippen LogP contribution < -0.4 is 40.1 Å². The Kier molecular flexibility index (Phi) is 12.3. The number of rotatable bonds is 2. The molecule has 0 unspecified atom stereocenters. The standard InChI is InChI=1S/C9H11N.2C7H10N2.C6H8N2/c1-2-5-8-6-3-4-7-9(8)10;1-5-2-3-6(8)4-7(5)9;1-5-6(8)3-2-4-7(5)9;7-5-2-1-3-6(8)4-5/h2-4,6-7H,1,5,10H2;2*2-4H,8-9H2,1H3;1-4H,7-8H2. The summed E-state index contributed by atoms with van der Waals surface area (Å²) in [7, 11) is 0. The predicted octanol–water partition coefficient (Wildman–Crippen LogP) is 5.17. The number of nitrogen functional groups attached to an aromatic ring is 7. The smallest absolute Gasteiger partial charge is 0.0364 e. The van der Waals surface area contributed by atoms with Crippen molar-refractivity contribution >= 4 is 39.8 Å². The lowest BCUT2D eigenvalue weighted by atomic mass is 10.1. The summed E-state index contributed by atoms with van der Waals surface area (Å²) < 4.78 is 0. The van der Waals surface area contributed by atoms with Crippen LogP contribution in [-0.2, 0) is 6.42 Å². The molecule has 0 aliphatic heterocycles. The van der Waals surface area contributed by atoms with Gasteiger partial charge in [0, 0.05) is 39.8 Å². The molecule has 7 nitrogen and oxygen atoms in total. The second kappa shape index (κ2) is 15.2. The van der Waals surface area contributed by atoms with Crippen molar-refractivity contribution < 1.29 is 0 Å². The van der Waals surface area contributed by atoms with E-state index in [0.29, 0.717) is 11.4 Å². The molecule has 0 aliphatic carbocycles. The second-order valence-corrected chi connectivity index (χ2v) is 8.04. The summed E-state index contributed by atoms with van der Waals surface area (Å²) in [6, 6.07) is 26.0. The van der Waals surface area contributed by atoms with Crippen LogP contribution in [0.25, 0.3) is 0 Å². The molecular weight excluding hydrogens is 446 g/mol. The van der Waals surface area contributed by atoms with Gasteiger partial charge in [0.05, 0.1) is 0 Å². The highest BCUT2D eigenvalue weighted by molar-refractivity contribution is 5.60. The Balaban J connectivity index is 0.000000241. The number of allylic oxidation sites excluding steroid dienone is 1. The Labute approximate surface area is 214 Å². The van der Waals surface area contributed by atoms with Gasteiger partial charge < -0.3 is 40.1 Å². The largest absolute Gasteiger partial charge is 0.399 e. The van der Waals surface area contributed by atoms with Gasteiger partial charge in [0.1, 0.15) is 0 Å². The molecule has 0 heterocycles. The number of para-hydroxylation sites is 1. The molecule has 0 spiro atoms. The van der Waals surface area contributed by atoms with Gasteiger partial charge in [-0.25, -0.2) is 0 Å². The van der Waals surface area contributed by atoms with Gasteiger partial charge in [-0.2, -0.15) is 0 Å². The lowest BCUT2D eigenvalue weighted by Gasteiger charge is -2.00. The van der Waals surface area contributed by atoms with Crippen molar-refractivity contribution in [2.45, 2.75) is 20.3 Å². The summed E-state index contributed by atoms with van der Waals surface area (Å²) in [5, 5.41) is 0. The Morgan fingerprint density at radius 3 is 1.47 bits per heavy atom. The van der Waals surface area contributed by atoms with Crippen molar-refractivity contribution in [2.24, 2.45) is 0 Å². The fourth-order valence-corrected chi connectivity index (χ4v) is 2.77. The zero-order valence-corrected chi connectivity index (χ0v) is 21.1. The predicted molar refractivity (Wildman–Crippen MR) is 160 cm³/mol. The summed E-state index contributed by atoms with van der Waals surface area (Å²) in [5.74, 6) is 0.